The van der Waals surface area contributed by atoms with Crippen LogP contribution in [0.2, 0.25) is 0 Å². The molecule has 2 rings (SSSR count). The standard InChI is InChI=1S/C13H16N2O4/c1-8-2-3-10(6-11(8)15(18)19)13(17)14-7-12(16)9-4-5-9/h2-3,6,9,12,16H,4-5,7H2,1H3,(H,14,17). The van der Waals surface area contributed by atoms with E-state index in [1.165, 1.54) is 6.07 Å². The van der Waals surface area contributed by atoms with Crippen LogP contribution in [0.1, 0.15) is 28.8 Å². The second-order valence-corrected chi connectivity index (χ2v) is 4.87. The maximum atomic E-state index is 11.8. The van der Waals surface area contributed by atoms with Gasteiger partial charge >= 0.3 is 0 Å². The molecule has 0 spiro atoms. The Morgan fingerprint density at radius 3 is 2.84 bits per heavy atom. The lowest BCUT2D eigenvalue weighted by Crippen LogP contribution is -2.33. The monoisotopic (exact) mass is 264 g/mol. The van der Waals surface area contributed by atoms with Crippen molar-refractivity contribution < 1.29 is 14.8 Å². The summed E-state index contributed by atoms with van der Waals surface area (Å²) in [7, 11) is 0. The molecule has 0 bridgehead atoms. The van der Waals surface area contributed by atoms with Crippen molar-refractivity contribution in [1.82, 2.24) is 5.32 Å². The molecule has 0 aromatic heterocycles. The topological polar surface area (TPSA) is 92.5 Å². The van der Waals surface area contributed by atoms with Crippen molar-refractivity contribution in [2.75, 3.05) is 6.54 Å². The first-order valence-corrected chi connectivity index (χ1v) is 6.20. The van der Waals surface area contributed by atoms with Crippen molar-refractivity contribution in [1.29, 1.82) is 0 Å². The van der Waals surface area contributed by atoms with Gasteiger partial charge in [0, 0.05) is 23.7 Å². The van der Waals surface area contributed by atoms with Crippen LogP contribution in [0.4, 0.5) is 5.69 Å². The van der Waals surface area contributed by atoms with Crippen LogP contribution in [0.5, 0.6) is 0 Å². The minimum absolute atomic E-state index is 0.0737. The van der Waals surface area contributed by atoms with Gasteiger partial charge in [-0.05, 0) is 31.7 Å². The molecule has 0 saturated heterocycles. The number of aryl methyl sites for hydroxylation is 1. The summed E-state index contributed by atoms with van der Waals surface area (Å²) in [6.07, 6.45) is 1.46. The first kappa shape index (κ1) is 13.5. The van der Waals surface area contributed by atoms with E-state index in [1.807, 2.05) is 0 Å². The minimum atomic E-state index is -0.524. The Hall–Kier alpha value is -1.95. The molecule has 6 heteroatoms. The summed E-state index contributed by atoms with van der Waals surface area (Å²) in [5, 5.41) is 23.0. The number of carbonyl (C=O) groups excluding carboxylic acids is 1. The summed E-state index contributed by atoms with van der Waals surface area (Å²) in [4.78, 5) is 22.1. The number of carbonyl (C=O) groups is 1. The molecule has 1 atom stereocenters. The van der Waals surface area contributed by atoms with E-state index in [0.717, 1.165) is 12.8 Å². The average molecular weight is 264 g/mol. The van der Waals surface area contributed by atoms with Gasteiger partial charge < -0.3 is 10.4 Å². The highest BCUT2D eigenvalue weighted by atomic mass is 16.6. The molecular weight excluding hydrogens is 248 g/mol. The Kier molecular flexibility index (Phi) is 3.80. The molecule has 1 aliphatic carbocycles. The maximum absolute atomic E-state index is 11.8. The molecular formula is C13H16N2O4. The summed E-state index contributed by atoms with van der Waals surface area (Å²) in [6, 6.07) is 4.35. The zero-order chi connectivity index (χ0) is 14.0. The van der Waals surface area contributed by atoms with Gasteiger partial charge in [0.05, 0.1) is 11.0 Å². The fraction of sp³-hybridized carbons (Fsp3) is 0.462. The lowest BCUT2D eigenvalue weighted by atomic mass is 10.1. The van der Waals surface area contributed by atoms with Gasteiger partial charge in [0.2, 0.25) is 0 Å². The van der Waals surface area contributed by atoms with Crippen LogP contribution < -0.4 is 5.32 Å². The van der Waals surface area contributed by atoms with Crippen LogP contribution >= 0.6 is 0 Å². The number of rotatable bonds is 5. The Morgan fingerprint density at radius 1 is 1.58 bits per heavy atom. The largest absolute Gasteiger partial charge is 0.391 e. The van der Waals surface area contributed by atoms with E-state index in [-0.39, 0.29) is 23.7 Å². The molecule has 0 radical (unpaired) electrons. The van der Waals surface area contributed by atoms with Gasteiger partial charge in [0.25, 0.3) is 11.6 Å². The molecule has 1 unspecified atom stereocenters. The minimum Gasteiger partial charge on any atom is -0.391 e. The highest BCUT2D eigenvalue weighted by molar-refractivity contribution is 5.95. The number of aliphatic hydroxyl groups is 1. The summed E-state index contributed by atoms with van der Waals surface area (Å²) in [5.74, 6) is -0.115. The molecule has 6 nitrogen and oxygen atoms in total. The molecule has 102 valence electrons. The van der Waals surface area contributed by atoms with Crippen LogP contribution in [0, 0.1) is 23.0 Å². The Labute approximate surface area is 110 Å². The average Bonchev–Trinajstić information content (AvgIpc) is 3.20. The molecule has 1 amide bonds. The number of nitro groups is 1. The fourth-order valence-corrected chi connectivity index (χ4v) is 1.89. The highest BCUT2D eigenvalue weighted by Crippen LogP contribution is 2.32. The molecule has 1 saturated carbocycles. The van der Waals surface area contributed by atoms with Gasteiger partial charge in [0.1, 0.15) is 0 Å². The normalized spacial score (nSPS) is 15.9. The van der Waals surface area contributed by atoms with Gasteiger partial charge in [-0.2, -0.15) is 0 Å². The number of nitrogens with one attached hydrogen (secondary N) is 1. The number of hydrogen-bond donors (Lipinski definition) is 2. The Balaban J connectivity index is 2.02. The molecule has 1 aliphatic rings. The first-order chi connectivity index (χ1) is 8.99. The van der Waals surface area contributed by atoms with Crippen LogP contribution in [-0.4, -0.2) is 28.6 Å². The predicted octanol–water partition coefficient (Wildman–Crippen LogP) is 1.40. The van der Waals surface area contributed by atoms with Crippen LogP contribution in [-0.2, 0) is 0 Å². The van der Waals surface area contributed by atoms with Crippen molar-refractivity contribution in [2.45, 2.75) is 25.9 Å². The third-order valence-electron chi connectivity index (χ3n) is 3.31. The van der Waals surface area contributed by atoms with E-state index < -0.39 is 16.9 Å². The predicted molar refractivity (Wildman–Crippen MR) is 68.9 cm³/mol. The van der Waals surface area contributed by atoms with Crippen molar-refractivity contribution in [3.05, 3.63) is 39.4 Å². The van der Waals surface area contributed by atoms with E-state index in [9.17, 15) is 20.0 Å². The number of nitro benzene ring substituents is 1. The Morgan fingerprint density at radius 2 is 2.26 bits per heavy atom. The van der Waals surface area contributed by atoms with Gasteiger partial charge in [-0.3, -0.25) is 14.9 Å². The molecule has 1 fully saturated rings. The smallest absolute Gasteiger partial charge is 0.273 e. The number of hydrogen-bond acceptors (Lipinski definition) is 4. The summed E-state index contributed by atoms with van der Waals surface area (Å²) >= 11 is 0. The summed E-state index contributed by atoms with van der Waals surface area (Å²) < 4.78 is 0. The maximum Gasteiger partial charge on any atom is 0.273 e. The van der Waals surface area contributed by atoms with Crippen molar-refractivity contribution in [2.24, 2.45) is 5.92 Å². The SMILES string of the molecule is Cc1ccc(C(=O)NCC(O)C2CC2)cc1[N+](=O)[O-]. The second kappa shape index (κ2) is 5.36. The zero-order valence-electron chi connectivity index (χ0n) is 10.6. The molecule has 0 aliphatic heterocycles. The molecule has 19 heavy (non-hydrogen) atoms. The quantitative estimate of drug-likeness (QED) is 0.621. The third kappa shape index (κ3) is 3.29. The van der Waals surface area contributed by atoms with Crippen molar-refractivity contribution in [3.63, 3.8) is 0 Å². The van der Waals surface area contributed by atoms with E-state index in [4.69, 9.17) is 0 Å². The van der Waals surface area contributed by atoms with E-state index >= 15 is 0 Å². The number of nitrogens with zero attached hydrogens (tertiary/aromatic N) is 1. The van der Waals surface area contributed by atoms with Gasteiger partial charge in [-0.1, -0.05) is 6.07 Å². The van der Waals surface area contributed by atoms with Crippen LogP contribution in [0.25, 0.3) is 0 Å². The summed E-state index contributed by atoms with van der Waals surface area (Å²) in [5.41, 5.74) is 0.676. The van der Waals surface area contributed by atoms with Gasteiger partial charge in [0.15, 0.2) is 0 Å². The summed E-state index contributed by atoms with van der Waals surface area (Å²) in [6.45, 7) is 1.81. The highest BCUT2D eigenvalue weighted by Gasteiger charge is 2.29. The first-order valence-electron chi connectivity index (χ1n) is 6.20. The molecule has 0 heterocycles. The second-order valence-electron chi connectivity index (χ2n) is 4.87. The lowest BCUT2D eigenvalue weighted by molar-refractivity contribution is -0.385. The van der Waals surface area contributed by atoms with Gasteiger partial charge in [-0.15, -0.1) is 0 Å². The van der Waals surface area contributed by atoms with Crippen molar-refractivity contribution >= 4 is 11.6 Å². The zero-order valence-corrected chi connectivity index (χ0v) is 10.6. The molecule has 2 N–H and O–H groups in total. The number of amides is 1. The van der Waals surface area contributed by atoms with E-state index in [1.54, 1.807) is 19.1 Å². The third-order valence-corrected chi connectivity index (χ3v) is 3.31. The molecule has 1 aromatic rings. The van der Waals surface area contributed by atoms with Gasteiger partial charge in [-0.25, -0.2) is 0 Å². The fourth-order valence-electron chi connectivity index (χ4n) is 1.89. The van der Waals surface area contributed by atoms with E-state index in [2.05, 4.69) is 5.32 Å². The van der Waals surface area contributed by atoms with Crippen molar-refractivity contribution in [3.8, 4) is 0 Å². The van der Waals surface area contributed by atoms with E-state index in [0.29, 0.717) is 5.56 Å². The molecule has 1 aromatic carbocycles. The lowest BCUT2D eigenvalue weighted by Gasteiger charge is -2.10. The number of benzene rings is 1. The van der Waals surface area contributed by atoms with Crippen LogP contribution in [0.15, 0.2) is 18.2 Å². The van der Waals surface area contributed by atoms with Crippen LogP contribution in [0.3, 0.4) is 0 Å². The Bertz CT molecular complexity index is 511. The number of aliphatic hydroxyl groups excluding tert-OH is 1.